The first-order valence-corrected chi connectivity index (χ1v) is 5.27. The van der Waals surface area contributed by atoms with Gasteiger partial charge >= 0.3 is 0 Å². The number of nitrogens with two attached hydrogens (primary N) is 1. The molecule has 0 amide bonds. The van der Waals surface area contributed by atoms with Crippen molar-refractivity contribution in [3.05, 3.63) is 16.4 Å². The Morgan fingerprint density at radius 2 is 2.36 bits per heavy atom. The van der Waals surface area contributed by atoms with E-state index in [0.717, 1.165) is 10.2 Å². The molecule has 1 aliphatic carbocycles. The molecule has 2 rings (SSSR count). The van der Waals surface area contributed by atoms with Gasteiger partial charge in [0.25, 0.3) is 0 Å². The fraction of sp³-hybridized carbons (Fsp3) is 0.625. The molecule has 1 aromatic rings. The van der Waals surface area contributed by atoms with E-state index in [0.29, 0.717) is 12.6 Å². The smallest absolute Gasteiger partial charge is 0.108 e. The third-order valence-electron chi connectivity index (χ3n) is 2.52. The van der Waals surface area contributed by atoms with Crippen molar-refractivity contribution in [3.8, 4) is 0 Å². The lowest BCUT2D eigenvalue weighted by Crippen LogP contribution is -2.21. The summed E-state index contributed by atoms with van der Waals surface area (Å²) in [5.74, 6) is 5.25. The Balaban J connectivity index is 0.000000980. The monoisotopic (exact) mass is 280 g/mol. The SMILES string of the molecule is Cl.NNCc1cnn(C2CCC2)c1Br. The van der Waals surface area contributed by atoms with Crippen LogP contribution in [0.5, 0.6) is 0 Å². The first-order chi connectivity index (χ1) is 6.33. The average Bonchev–Trinajstić information content (AvgIpc) is 2.34. The van der Waals surface area contributed by atoms with Gasteiger partial charge in [-0.25, -0.2) is 0 Å². The molecule has 4 nitrogen and oxygen atoms in total. The molecule has 1 aromatic heterocycles. The van der Waals surface area contributed by atoms with Gasteiger partial charge in [-0.1, -0.05) is 0 Å². The van der Waals surface area contributed by atoms with E-state index in [1.54, 1.807) is 0 Å². The predicted molar refractivity (Wildman–Crippen MR) is 61.1 cm³/mol. The Morgan fingerprint density at radius 1 is 1.64 bits per heavy atom. The number of hydrogen-bond donors (Lipinski definition) is 2. The van der Waals surface area contributed by atoms with Crippen LogP contribution in [0.4, 0.5) is 0 Å². The van der Waals surface area contributed by atoms with Crippen molar-refractivity contribution in [1.82, 2.24) is 15.2 Å². The molecular formula is C8H14BrClN4. The topological polar surface area (TPSA) is 55.9 Å². The van der Waals surface area contributed by atoms with Gasteiger partial charge < -0.3 is 0 Å². The summed E-state index contributed by atoms with van der Waals surface area (Å²) in [6.07, 6.45) is 5.68. The van der Waals surface area contributed by atoms with Crippen molar-refractivity contribution in [3.63, 3.8) is 0 Å². The molecule has 0 aromatic carbocycles. The highest BCUT2D eigenvalue weighted by molar-refractivity contribution is 9.10. The van der Waals surface area contributed by atoms with E-state index in [2.05, 4.69) is 31.1 Å². The van der Waals surface area contributed by atoms with Gasteiger partial charge in [0.2, 0.25) is 0 Å². The minimum absolute atomic E-state index is 0. The van der Waals surface area contributed by atoms with Gasteiger partial charge in [0.1, 0.15) is 4.60 Å². The molecule has 14 heavy (non-hydrogen) atoms. The van der Waals surface area contributed by atoms with E-state index in [9.17, 15) is 0 Å². The molecule has 0 radical (unpaired) electrons. The second kappa shape index (κ2) is 5.11. The van der Waals surface area contributed by atoms with Crippen molar-refractivity contribution < 1.29 is 0 Å². The van der Waals surface area contributed by atoms with Crippen molar-refractivity contribution >= 4 is 28.3 Å². The summed E-state index contributed by atoms with van der Waals surface area (Å²) in [5, 5.41) is 4.33. The number of nitrogens with zero attached hydrogens (tertiary/aromatic N) is 2. The van der Waals surface area contributed by atoms with E-state index < -0.39 is 0 Å². The van der Waals surface area contributed by atoms with Gasteiger partial charge in [-0.2, -0.15) is 5.10 Å². The van der Waals surface area contributed by atoms with E-state index >= 15 is 0 Å². The first kappa shape index (κ1) is 12.0. The minimum Gasteiger partial charge on any atom is -0.271 e. The maximum Gasteiger partial charge on any atom is 0.108 e. The zero-order valence-corrected chi connectivity index (χ0v) is 10.1. The zero-order chi connectivity index (χ0) is 9.26. The summed E-state index contributed by atoms with van der Waals surface area (Å²) in [7, 11) is 0. The summed E-state index contributed by atoms with van der Waals surface area (Å²) in [6, 6.07) is 0.598. The third kappa shape index (κ3) is 2.11. The van der Waals surface area contributed by atoms with E-state index in [-0.39, 0.29) is 12.4 Å². The molecule has 0 aliphatic heterocycles. The molecule has 1 heterocycles. The predicted octanol–water partition coefficient (Wildman–Crippen LogP) is 1.76. The lowest BCUT2D eigenvalue weighted by atomic mass is 9.93. The molecule has 0 bridgehead atoms. The molecule has 80 valence electrons. The number of nitrogens with one attached hydrogen (secondary N) is 1. The summed E-state index contributed by atoms with van der Waals surface area (Å²) in [4.78, 5) is 0. The third-order valence-corrected chi connectivity index (χ3v) is 3.39. The average molecular weight is 282 g/mol. The molecular weight excluding hydrogens is 267 g/mol. The Morgan fingerprint density at radius 3 is 2.86 bits per heavy atom. The molecule has 0 atom stereocenters. The van der Waals surface area contributed by atoms with Crippen LogP contribution in [0.15, 0.2) is 10.8 Å². The van der Waals surface area contributed by atoms with Gasteiger partial charge in [-0.05, 0) is 35.2 Å². The van der Waals surface area contributed by atoms with Crippen molar-refractivity contribution in [2.24, 2.45) is 5.84 Å². The Kier molecular flexibility index (Phi) is 4.37. The molecule has 0 unspecified atom stereocenters. The Hall–Kier alpha value is -0.100. The molecule has 3 N–H and O–H groups in total. The Labute approximate surface area is 97.7 Å². The van der Waals surface area contributed by atoms with Crippen molar-refractivity contribution in [2.75, 3.05) is 0 Å². The Bertz CT molecular complexity index is 298. The number of rotatable bonds is 3. The fourth-order valence-corrected chi connectivity index (χ4v) is 2.12. The van der Waals surface area contributed by atoms with Crippen LogP contribution in [0.1, 0.15) is 30.9 Å². The van der Waals surface area contributed by atoms with Gasteiger partial charge in [0, 0.05) is 12.1 Å². The van der Waals surface area contributed by atoms with E-state index in [1.807, 2.05) is 6.20 Å². The van der Waals surface area contributed by atoms with Gasteiger partial charge in [0.05, 0.1) is 12.2 Å². The van der Waals surface area contributed by atoms with Crippen molar-refractivity contribution in [1.29, 1.82) is 0 Å². The summed E-state index contributed by atoms with van der Waals surface area (Å²) in [6.45, 7) is 0.660. The number of hydrazine groups is 1. The van der Waals surface area contributed by atoms with Gasteiger partial charge in [0.15, 0.2) is 0 Å². The van der Waals surface area contributed by atoms with Crippen LogP contribution >= 0.6 is 28.3 Å². The van der Waals surface area contributed by atoms with Crippen LogP contribution in [0.25, 0.3) is 0 Å². The number of aromatic nitrogens is 2. The second-order valence-corrected chi connectivity index (χ2v) is 4.12. The van der Waals surface area contributed by atoms with Crippen molar-refractivity contribution in [2.45, 2.75) is 31.8 Å². The zero-order valence-electron chi connectivity index (χ0n) is 7.74. The highest BCUT2D eigenvalue weighted by Crippen LogP contribution is 2.34. The van der Waals surface area contributed by atoms with Crippen LogP contribution in [0.3, 0.4) is 0 Å². The molecule has 6 heteroatoms. The molecule has 1 fully saturated rings. The van der Waals surface area contributed by atoms with E-state index in [4.69, 9.17) is 5.84 Å². The van der Waals surface area contributed by atoms with Crippen LogP contribution in [0.2, 0.25) is 0 Å². The molecule has 0 saturated heterocycles. The maximum atomic E-state index is 5.25. The van der Waals surface area contributed by atoms with Gasteiger partial charge in [-0.3, -0.25) is 16.0 Å². The lowest BCUT2D eigenvalue weighted by molar-refractivity contribution is 0.284. The highest BCUT2D eigenvalue weighted by Gasteiger charge is 2.22. The molecule has 1 aliphatic rings. The second-order valence-electron chi connectivity index (χ2n) is 3.37. The minimum atomic E-state index is 0. The summed E-state index contributed by atoms with van der Waals surface area (Å²) in [5.41, 5.74) is 3.75. The molecule has 0 spiro atoms. The van der Waals surface area contributed by atoms with Crippen LogP contribution in [0, 0.1) is 0 Å². The van der Waals surface area contributed by atoms with Gasteiger partial charge in [-0.15, -0.1) is 12.4 Å². The fourth-order valence-electron chi connectivity index (χ4n) is 1.50. The van der Waals surface area contributed by atoms with Crippen LogP contribution < -0.4 is 11.3 Å². The maximum absolute atomic E-state index is 5.25. The number of halogens is 2. The molecule has 1 saturated carbocycles. The number of hydrogen-bond acceptors (Lipinski definition) is 3. The standard InChI is InChI=1S/C8H13BrN4.ClH/c9-8-6(4-11-10)5-12-13(8)7-2-1-3-7;/h5,7,11H,1-4,10H2;1H. The van der Waals surface area contributed by atoms with E-state index in [1.165, 1.54) is 19.3 Å². The van der Waals surface area contributed by atoms with Crippen LogP contribution in [-0.2, 0) is 6.54 Å². The lowest BCUT2D eigenvalue weighted by Gasteiger charge is -2.26. The largest absolute Gasteiger partial charge is 0.271 e. The quantitative estimate of drug-likeness (QED) is 0.656. The normalized spacial score (nSPS) is 16.1. The highest BCUT2D eigenvalue weighted by atomic mass is 79.9. The van der Waals surface area contributed by atoms with Crippen LogP contribution in [-0.4, -0.2) is 9.78 Å². The summed E-state index contributed by atoms with van der Waals surface area (Å²) < 4.78 is 3.12. The first-order valence-electron chi connectivity index (χ1n) is 4.48. The summed E-state index contributed by atoms with van der Waals surface area (Å²) >= 11 is 3.53.